The number of pyridine rings is 1. The van der Waals surface area contributed by atoms with Crippen LogP contribution in [0.2, 0.25) is 0 Å². The smallest absolute Gasteiger partial charge is 0.251 e. The molecule has 0 saturated heterocycles. The van der Waals surface area contributed by atoms with E-state index >= 15 is 0 Å². The van der Waals surface area contributed by atoms with Gasteiger partial charge in [-0.2, -0.15) is 0 Å². The van der Waals surface area contributed by atoms with E-state index in [4.69, 9.17) is 9.47 Å². The molecular weight excluding hydrogens is 368 g/mol. The van der Waals surface area contributed by atoms with Crippen LogP contribution in [0.1, 0.15) is 23.1 Å². The normalized spacial score (nSPS) is 10.8. The molecule has 0 atom stereocenters. The lowest BCUT2D eigenvalue weighted by Crippen LogP contribution is -2.24. The Morgan fingerprint density at radius 3 is 2.45 bits per heavy atom. The fourth-order valence-electron chi connectivity index (χ4n) is 3.63. The number of amides is 1. The minimum atomic E-state index is -0.207. The fraction of sp³-hybridized carbons (Fsp3) is 0.304. The molecule has 0 aliphatic carbocycles. The summed E-state index contributed by atoms with van der Waals surface area (Å²) in [7, 11) is 3.10. The van der Waals surface area contributed by atoms with Gasteiger partial charge in [-0.15, -0.1) is 0 Å². The quantitative estimate of drug-likeness (QED) is 0.687. The molecule has 0 fully saturated rings. The van der Waals surface area contributed by atoms with Gasteiger partial charge in [0.2, 0.25) is 5.91 Å². The molecule has 0 unspecified atom stereocenters. The zero-order valence-electron chi connectivity index (χ0n) is 17.5. The summed E-state index contributed by atoms with van der Waals surface area (Å²) in [6.07, 6.45) is 0.158. The van der Waals surface area contributed by atoms with E-state index < -0.39 is 0 Å². The van der Waals surface area contributed by atoms with Crippen molar-refractivity contribution in [3.05, 3.63) is 63.4 Å². The van der Waals surface area contributed by atoms with Crippen LogP contribution in [-0.2, 0) is 11.3 Å². The molecule has 6 heteroatoms. The number of fused-ring (bicyclic) bond motifs is 1. The van der Waals surface area contributed by atoms with Gasteiger partial charge in [0.1, 0.15) is 11.5 Å². The molecule has 1 aromatic heterocycles. The van der Waals surface area contributed by atoms with E-state index in [1.807, 2.05) is 20.8 Å². The van der Waals surface area contributed by atoms with Crippen LogP contribution in [0.25, 0.3) is 10.9 Å². The van der Waals surface area contributed by atoms with Crippen LogP contribution in [0.4, 0.5) is 5.69 Å². The molecule has 0 aliphatic heterocycles. The summed E-state index contributed by atoms with van der Waals surface area (Å²) >= 11 is 0. The molecule has 1 heterocycles. The van der Waals surface area contributed by atoms with E-state index in [9.17, 15) is 9.59 Å². The van der Waals surface area contributed by atoms with Crippen LogP contribution in [0.5, 0.6) is 11.5 Å². The number of carbonyl (C=O) groups is 1. The zero-order valence-corrected chi connectivity index (χ0v) is 17.5. The van der Waals surface area contributed by atoms with Crippen LogP contribution in [0.15, 0.2) is 41.2 Å². The van der Waals surface area contributed by atoms with Gasteiger partial charge in [0.05, 0.1) is 25.4 Å². The molecule has 0 radical (unpaired) electrons. The Labute approximate surface area is 170 Å². The van der Waals surface area contributed by atoms with Gasteiger partial charge in [0.15, 0.2) is 0 Å². The first kappa shape index (κ1) is 20.5. The molecule has 152 valence electrons. The molecule has 29 heavy (non-hydrogen) atoms. The van der Waals surface area contributed by atoms with Crippen molar-refractivity contribution >= 4 is 22.5 Å². The van der Waals surface area contributed by atoms with Crippen molar-refractivity contribution < 1.29 is 14.3 Å². The molecule has 0 spiro atoms. The second-order valence-corrected chi connectivity index (χ2v) is 7.16. The van der Waals surface area contributed by atoms with Gasteiger partial charge in [-0.25, -0.2) is 0 Å². The number of anilines is 1. The SMILES string of the molecule is COc1ccc(OC)c(NC(=O)CCn2c(=O)cc(C)c3cc(C)cc(C)c32)c1. The summed E-state index contributed by atoms with van der Waals surface area (Å²) in [5.74, 6) is 0.957. The lowest BCUT2D eigenvalue weighted by atomic mass is 10.0. The van der Waals surface area contributed by atoms with E-state index in [-0.39, 0.29) is 24.4 Å². The summed E-state index contributed by atoms with van der Waals surface area (Å²) < 4.78 is 12.2. The first-order chi connectivity index (χ1) is 13.8. The van der Waals surface area contributed by atoms with Gasteiger partial charge in [0, 0.05) is 30.5 Å². The van der Waals surface area contributed by atoms with Crippen molar-refractivity contribution in [2.24, 2.45) is 0 Å². The first-order valence-electron chi connectivity index (χ1n) is 9.47. The largest absolute Gasteiger partial charge is 0.497 e. The van der Waals surface area contributed by atoms with Gasteiger partial charge in [0.25, 0.3) is 5.56 Å². The maximum absolute atomic E-state index is 12.6. The Hall–Kier alpha value is -3.28. The molecule has 3 rings (SSSR count). The Morgan fingerprint density at radius 2 is 1.76 bits per heavy atom. The third-order valence-electron chi connectivity index (χ3n) is 4.99. The van der Waals surface area contributed by atoms with Gasteiger partial charge < -0.3 is 19.4 Å². The van der Waals surface area contributed by atoms with Crippen molar-refractivity contribution in [2.45, 2.75) is 33.7 Å². The molecule has 0 aliphatic rings. The summed E-state index contributed by atoms with van der Waals surface area (Å²) in [5, 5.41) is 3.89. The minimum Gasteiger partial charge on any atom is -0.497 e. The van der Waals surface area contributed by atoms with Gasteiger partial charge in [-0.1, -0.05) is 11.6 Å². The predicted octanol–water partition coefficient (Wildman–Crippen LogP) is 3.97. The molecular formula is C23H26N2O4. The molecule has 3 aromatic rings. The monoisotopic (exact) mass is 394 g/mol. The van der Waals surface area contributed by atoms with E-state index in [2.05, 4.69) is 17.4 Å². The molecule has 0 bridgehead atoms. The topological polar surface area (TPSA) is 69.6 Å². The number of nitrogens with one attached hydrogen (secondary N) is 1. The molecule has 1 N–H and O–H groups in total. The van der Waals surface area contributed by atoms with E-state index in [0.29, 0.717) is 17.2 Å². The van der Waals surface area contributed by atoms with E-state index in [0.717, 1.165) is 27.6 Å². The average Bonchev–Trinajstić information content (AvgIpc) is 2.68. The Morgan fingerprint density at radius 1 is 1.00 bits per heavy atom. The highest BCUT2D eigenvalue weighted by atomic mass is 16.5. The number of nitrogens with zero attached hydrogens (tertiary/aromatic N) is 1. The highest BCUT2D eigenvalue weighted by Crippen LogP contribution is 2.29. The first-order valence-corrected chi connectivity index (χ1v) is 9.47. The number of hydrogen-bond donors (Lipinski definition) is 1. The minimum absolute atomic E-state index is 0.103. The molecule has 1 amide bonds. The summed E-state index contributed by atoms with van der Waals surface area (Å²) in [5.41, 5.74) is 4.42. The third-order valence-corrected chi connectivity index (χ3v) is 4.99. The third kappa shape index (κ3) is 4.26. The number of carbonyl (C=O) groups excluding carboxylic acids is 1. The van der Waals surface area contributed by atoms with E-state index in [1.54, 1.807) is 43.1 Å². The highest BCUT2D eigenvalue weighted by Gasteiger charge is 2.13. The fourth-order valence-corrected chi connectivity index (χ4v) is 3.63. The number of aromatic nitrogens is 1. The van der Waals surface area contributed by atoms with Gasteiger partial charge >= 0.3 is 0 Å². The lowest BCUT2D eigenvalue weighted by Gasteiger charge is -2.16. The molecule has 2 aromatic carbocycles. The molecule has 0 saturated carbocycles. The summed E-state index contributed by atoms with van der Waals surface area (Å²) in [6, 6.07) is 11.0. The van der Waals surface area contributed by atoms with E-state index in [1.165, 1.54) is 0 Å². The number of hydrogen-bond acceptors (Lipinski definition) is 4. The maximum Gasteiger partial charge on any atom is 0.251 e. The van der Waals surface area contributed by atoms with Crippen LogP contribution < -0.4 is 20.3 Å². The van der Waals surface area contributed by atoms with Gasteiger partial charge in [-0.05, 0) is 50.1 Å². The van der Waals surface area contributed by atoms with Crippen molar-refractivity contribution in [2.75, 3.05) is 19.5 Å². The van der Waals surface area contributed by atoms with Gasteiger partial charge in [-0.3, -0.25) is 9.59 Å². The number of rotatable bonds is 6. The van der Waals surface area contributed by atoms with Crippen LogP contribution in [0.3, 0.4) is 0 Å². The average molecular weight is 394 g/mol. The number of methoxy groups -OCH3 is 2. The maximum atomic E-state index is 12.6. The summed E-state index contributed by atoms with van der Waals surface area (Å²) in [6.45, 7) is 6.26. The van der Waals surface area contributed by atoms with Crippen molar-refractivity contribution in [1.29, 1.82) is 0 Å². The number of benzene rings is 2. The van der Waals surface area contributed by atoms with Crippen molar-refractivity contribution in [3.8, 4) is 11.5 Å². The Bertz CT molecular complexity index is 1130. The predicted molar refractivity (Wildman–Crippen MR) is 115 cm³/mol. The Balaban J connectivity index is 1.86. The highest BCUT2D eigenvalue weighted by molar-refractivity contribution is 5.93. The lowest BCUT2D eigenvalue weighted by molar-refractivity contribution is -0.116. The second-order valence-electron chi connectivity index (χ2n) is 7.16. The number of ether oxygens (including phenoxy) is 2. The standard InChI is InChI=1S/C23H26N2O4/c1-14-10-16(3)23-18(11-14)15(2)12-22(27)25(23)9-8-21(26)24-19-13-17(28-4)6-7-20(19)29-5/h6-7,10-13H,8-9H2,1-5H3,(H,24,26). The zero-order chi connectivity index (χ0) is 21.1. The summed E-state index contributed by atoms with van der Waals surface area (Å²) in [4.78, 5) is 25.2. The van der Waals surface area contributed by atoms with Crippen LogP contribution in [0, 0.1) is 20.8 Å². The van der Waals surface area contributed by atoms with Crippen LogP contribution >= 0.6 is 0 Å². The second kappa shape index (κ2) is 8.39. The van der Waals surface area contributed by atoms with Crippen LogP contribution in [-0.4, -0.2) is 24.7 Å². The van der Waals surface area contributed by atoms with Crippen molar-refractivity contribution in [1.82, 2.24) is 4.57 Å². The van der Waals surface area contributed by atoms with Crippen molar-refractivity contribution in [3.63, 3.8) is 0 Å². The Kier molecular flexibility index (Phi) is 5.92. The number of aryl methyl sites for hydroxylation is 4. The molecule has 6 nitrogen and oxygen atoms in total.